The van der Waals surface area contributed by atoms with Crippen molar-refractivity contribution in [2.45, 2.75) is 6.04 Å². The third-order valence-corrected chi connectivity index (χ3v) is 7.82. The molecule has 7 nitrogen and oxygen atoms in total. The highest BCUT2D eigenvalue weighted by molar-refractivity contribution is 7.91. The average molecular weight is 421 g/mol. The quantitative estimate of drug-likeness (QED) is 0.742. The molecule has 0 bridgehead atoms. The molecule has 1 unspecified atom stereocenters. The summed E-state index contributed by atoms with van der Waals surface area (Å²) in [6.07, 6.45) is 1.80. The van der Waals surface area contributed by atoms with Crippen molar-refractivity contribution in [3.63, 3.8) is 0 Å². The first kappa shape index (κ1) is 19.4. The van der Waals surface area contributed by atoms with Gasteiger partial charge >= 0.3 is 0 Å². The summed E-state index contributed by atoms with van der Waals surface area (Å²) in [7, 11) is -2.99. The number of amides is 1. The molecule has 1 amide bonds. The first-order valence-corrected chi connectivity index (χ1v) is 12.2. The Hall–Kier alpha value is -1.97. The van der Waals surface area contributed by atoms with Crippen LogP contribution in [0, 0.1) is 0 Å². The lowest BCUT2D eigenvalue weighted by Crippen LogP contribution is -2.54. The van der Waals surface area contributed by atoms with Crippen LogP contribution in [0.1, 0.15) is 11.6 Å². The minimum Gasteiger partial charge on any atom is -0.345 e. The van der Waals surface area contributed by atoms with Gasteiger partial charge in [0.15, 0.2) is 15.0 Å². The van der Waals surface area contributed by atoms with Crippen molar-refractivity contribution in [1.82, 2.24) is 14.8 Å². The maximum atomic E-state index is 13.5. The normalized spacial score (nSPS) is 21.4. The van der Waals surface area contributed by atoms with E-state index in [2.05, 4.69) is 9.88 Å². The molecular weight excluding hydrogens is 396 g/mol. The van der Waals surface area contributed by atoms with E-state index in [-0.39, 0.29) is 17.4 Å². The summed E-state index contributed by atoms with van der Waals surface area (Å²) in [4.78, 5) is 23.9. The van der Waals surface area contributed by atoms with Crippen LogP contribution in [0.5, 0.6) is 0 Å². The van der Waals surface area contributed by atoms with Gasteiger partial charge in [0.2, 0.25) is 5.91 Å². The largest absolute Gasteiger partial charge is 0.345 e. The summed E-state index contributed by atoms with van der Waals surface area (Å²) in [5, 5.41) is 2.95. The zero-order chi connectivity index (χ0) is 19.6. The molecule has 1 aromatic heterocycles. The first-order chi connectivity index (χ1) is 13.5. The minimum atomic E-state index is -2.99. The molecular formula is C19H24N4O3S2. The Kier molecular flexibility index (Phi) is 5.65. The van der Waals surface area contributed by atoms with Gasteiger partial charge in [0.25, 0.3) is 0 Å². The van der Waals surface area contributed by atoms with E-state index in [0.717, 1.165) is 23.8 Å². The van der Waals surface area contributed by atoms with Crippen molar-refractivity contribution < 1.29 is 13.2 Å². The Bertz CT molecular complexity index is 881. The molecule has 3 heterocycles. The summed E-state index contributed by atoms with van der Waals surface area (Å²) >= 11 is 1.61. The standard InChI is InChI=1S/C19H24N4O3S2/c24-18(22-7-9-23(10-8-22)19-20-6-13-27-19)17(16-4-2-1-3-5-16)21-11-14-28(25,26)15-12-21/h1-6,13,17H,7-12,14-15H2. The van der Waals surface area contributed by atoms with Gasteiger partial charge in [-0.05, 0) is 5.56 Å². The summed E-state index contributed by atoms with van der Waals surface area (Å²) in [5.41, 5.74) is 0.925. The topological polar surface area (TPSA) is 73.8 Å². The second-order valence-electron chi connectivity index (χ2n) is 7.13. The van der Waals surface area contributed by atoms with Crippen LogP contribution in [0.3, 0.4) is 0 Å². The molecule has 9 heteroatoms. The van der Waals surface area contributed by atoms with Gasteiger partial charge < -0.3 is 9.80 Å². The van der Waals surface area contributed by atoms with Crippen molar-refractivity contribution in [2.24, 2.45) is 0 Å². The fourth-order valence-electron chi connectivity index (χ4n) is 3.79. The summed E-state index contributed by atoms with van der Waals surface area (Å²) in [6.45, 7) is 3.60. The second-order valence-corrected chi connectivity index (χ2v) is 10.3. The number of aromatic nitrogens is 1. The van der Waals surface area contributed by atoms with Crippen LogP contribution in [0.25, 0.3) is 0 Å². The van der Waals surface area contributed by atoms with E-state index in [1.54, 1.807) is 17.5 Å². The summed E-state index contributed by atoms with van der Waals surface area (Å²) in [5.74, 6) is 0.285. The van der Waals surface area contributed by atoms with Gasteiger partial charge in [-0.15, -0.1) is 11.3 Å². The van der Waals surface area contributed by atoms with Crippen molar-refractivity contribution in [1.29, 1.82) is 0 Å². The highest BCUT2D eigenvalue weighted by atomic mass is 32.2. The van der Waals surface area contributed by atoms with Crippen LogP contribution in [-0.2, 0) is 14.6 Å². The van der Waals surface area contributed by atoms with E-state index >= 15 is 0 Å². The number of sulfone groups is 1. The van der Waals surface area contributed by atoms with E-state index in [1.807, 2.05) is 45.5 Å². The van der Waals surface area contributed by atoms with E-state index in [1.165, 1.54) is 0 Å². The Morgan fingerprint density at radius 2 is 1.68 bits per heavy atom. The van der Waals surface area contributed by atoms with Crippen LogP contribution in [0.4, 0.5) is 5.13 Å². The third-order valence-electron chi connectivity index (χ3n) is 5.37. The third kappa shape index (κ3) is 4.21. The summed E-state index contributed by atoms with van der Waals surface area (Å²) in [6, 6.07) is 9.27. The molecule has 0 saturated carbocycles. The molecule has 1 atom stereocenters. The molecule has 2 aromatic rings. The highest BCUT2D eigenvalue weighted by Gasteiger charge is 2.36. The molecule has 4 rings (SSSR count). The van der Waals surface area contributed by atoms with Crippen molar-refractivity contribution in [2.75, 3.05) is 55.7 Å². The lowest BCUT2D eigenvalue weighted by atomic mass is 10.0. The number of piperazine rings is 1. The number of thiazole rings is 1. The van der Waals surface area contributed by atoms with Gasteiger partial charge in [-0.25, -0.2) is 13.4 Å². The van der Waals surface area contributed by atoms with E-state index < -0.39 is 15.9 Å². The van der Waals surface area contributed by atoms with Crippen molar-refractivity contribution in [3.8, 4) is 0 Å². The molecule has 1 aromatic carbocycles. The molecule has 150 valence electrons. The zero-order valence-electron chi connectivity index (χ0n) is 15.6. The Balaban J connectivity index is 1.49. The molecule has 28 heavy (non-hydrogen) atoms. The fourth-order valence-corrected chi connectivity index (χ4v) is 5.72. The number of hydrogen-bond acceptors (Lipinski definition) is 7. The van der Waals surface area contributed by atoms with Crippen LogP contribution < -0.4 is 4.90 Å². The van der Waals surface area contributed by atoms with Crippen LogP contribution in [-0.4, -0.2) is 79.9 Å². The highest BCUT2D eigenvalue weighted by Crippen LogP contribution is 2.27. The van der Waals surface area contributed by atoms with Gasteiger partial charge in [-0.1, -0.05) is 30.3 Å². The number of carbonyl (C=O) groups excluding carboxylic acids is 1. The molecule has 0 N–H and O–H groups in total. The fraction of sp³-hybridized carbons (Fsp3) is 0.474. The predicted octanol–water partition coefficient (Wildman–Crippen LogP) is 1.26. The number of anilines is 1. The van der Waals surface area contributed by atoms with E-state index in [9.17, 15) is 13.2 Å². The van der Waals surface area contributed by atoms with E-state index in [0.29, 0.717) is 26.2 Å². The number of hydrogen-bond donors (Lipinski definition) is 0. The maximum absolute atomic E-state index is 13.5. The molecule has 2 aliphatic rings. The number of carbonyl (C=O) groups is 1. The van der Waals surface area contributed by atoms with Crippen molar-refractivity contribution in [3.05, 3.63) is 47.5 Å². The average Bonchev–Trinajstić information content (AvgIpc) is 3.25. The number of nitrogens with zero attached hydrogens (tertiary/aromatic N) is 4. The smallest absolute Gasteiger partial charge is 0.244 e. The molecule has 2 fully saturated rings. The minimum absolute atomic E-state index is 0.0595. The number of benzene rings is 1. The van der Waals surface area contributed by atoms with Crippen LogP contribution >= 0.6 is 11.3 Å². The molecule has 2 aliphatic heterocycles. The molecule has 0 aliphatic carbocycles. The maximum Gasteiger partial charge on any atom is 0.244 e. The van der Waals surface area contributed by atoms with Crippen LogP contribution in [0.15, 0.2) is 41.9 Å². The summed E-state index contributed by atoms with van der Waals surface area (Å²) < 4.78 is 23.7. The molecule has 0 radical (unpaired) electrons. The molecule has 2 saturated heterocycles. The monoisotopic (exact) mass is 420 g/mol. The Labute approximate surface area is 169 Å². The van der Waals surface area contributed by atoms with Gasteiger partial charge in [0.05, 0.1) is 11.5 Å². The molecule has 0 spiro atoms. The Morgan fingerprint density at radius 1 is 1.00 bits per heavy atom. The number of rotatable bonds is 4. The SMILES string of the molecule is O=C(C(c1ccccc1)N1CCS(=O)(=O)CC1)N1CCN(c2nccs2)CC1. The predicted molar refractivity (Wildman–Crippen MR) is 110 cm³/mol. The Morgan fingerprint density at radius 3 is 2.29 bits per heavy atom. The second kappa shape index (κ2) is 8.18. The zero-order valence-corrected chi connectivity index (χ0v) is 17.2. The first-order valence-electron chi connectivity index (χ1n) is 9.46. The van der Waals surface area contributed by atoms with Crippen LogP contribution in [0.2, 0.25) is 0 Å². The van der Waals surface area contributed by atoms with Gasteiger partial charge in [0, 0.05) is 50.8 Å². The van der Waals surface area contributed by atoms with Crippen molar-refractivity contribution >= 4 is 32.2 Å². The van der Waals surface area contributed by atoms with E-state index in [4.69, 9.17) is 0 Å². The lowest BCUT2D eigenvalue weighted by molar-refractivity contribution is -0.137. The van der Waals surface area contributed by atoms with Gasteiger partial charge in [-0.3, -0.25) is 9.69 Å². The van der Waals surface area contributed by atoms with Gasteiger partial charge in [-0.2, -0.15) is 0 Å². The van der Waals surface area contributed by atoms with Gasteiger partial charge in [0.1, 0.15) is 6.04 Å². The lowest BCUT2D eigenvalue weighted by Gasteiger charge is -2.40.